The normalized spacial score (nSPS) is 16.7. The minimum absolute atomic E-state index is 0.0352. The van der Waals surface area contributed by atoms with E-state index in [1.54, 1.807) is 18.2 Å². The Balaban J connectivity index is 1.92. The summed E-state index contributed by atoms with van der Waals surface area (Å²) >= 11 is 0. The summed E-state index contributed by atoms with van der Waals surface area (Å²) in [7, 11) is 0. The van der Waals surface area contributed by atoms with Gasteiger partial charge in [0.1, 0.15) is 16.9 Å². The molecule has 0 bridgehead atoms. The topological polar surface area (TPSA) is 53.7 Å². The van der Waals surface area contributed by atoms with E-state index in [4.69, 9.17) is 4.42 Å². The molecule has 134 valence electrons. The number of aryl methyl sites for hydroxylation is 1. The standard InChI is InChI=1S/C22H23NO3/c1-15-9-11-16(12-10-15)20(23-13-5-2-6-14-23)19-21(24)17-7-3-4-8-18(17)26-22(19)25/h3-4,7-12,20,24H,2,5-6,13-14H2,1H3. The van der Waals surface area contributed by atoms with Crippen molar-refractivity contribution in [3.05, 3.63) is 75.6 Å². The van der Waals surface area contributed by atoms with Gasteiger partial charge in [0, 0.05) is 0 Å². The van der Waals surface area contributed by atoms with Crippen molar-refractivity contribution in [2.45, 2.75) is 32.2 Å². The van der Waals surface area contributed by atoms with Gasteiger partial charge in [-0.2, -0.15) is 0 Å². The Labute approximate surface area is 152 Å². The van der Waals surface area contributed by atoms with Gasteiger partial charge in [-0.05, 0) is 50.6 Å². The molecule has 4 nitrogen and oxygen atoms in total. The third-order valence-electron chi connectivity index (χ3n) is 5.24. The lowest BCUT2D eigenvalue weighted by atomic mass is 9.94. The van der Waals surface area contributed by atoms with Gasteiger partial charge in [0.2, 0.25) is 0 Å². The van der Waals surface area contributed by atoms with Gasteiger partial charge in [0.05, 0.1) is 11.4 Å². The molecule has 0 aliphatic carbocycles. The molecule has 0 radical (unpaired) electrons. The smallest absolute Gasteiger partial charge is 0.345 e. The molecule has 2 heterocycles. The molecule has 2 aromatic carbocycles. The zero-order valence-corrected chi connectivity index (χ0v) is 14.9. The molecule has 1 aliphatic heterocycles. The van der Waals surface area contributed by atoms with Gasteiger partial charge in [-0.1, -0.05) is 48.4 Å². The number of benzene rings is 2. The molecule has 1 unspecified atom stereocenters. The minimum atomic E-state index is -0.461. The van der Waals surface area contributed by atoms with Crippen LogP contribution in [0.25, 0.3) is 11.0 Å². The lowest BCUT2D eigenvalue weighted by Crippen LogP contribution is -2.36. The van der Waals surface area contributed by atoms with Crippen LogP contribution in [0.2, 0.25) is 0 Å². The molecule has 0 saturated carbocycles. The van der Waals surface area contributed by atoms with Gasteiger partial charge in [-0.3, -0.25) is 4.90 Å². The number of rotatable bonds is 3. The average Bonchev–Trinajstić information content (AvgIpc) is 2.67. The largest absolute Gasteiger partial charge is 0.507 e. The van der Waals surface area contributed by atoms with E-state index in [9.17, 15) is 9.90 Å². The first-order valence-corrected chi connectivity index (χ1v) is 9.20. The second kappa shape index (κ2) is 6.96. The highest BCUT2D eigenvalue weighted by Crippen LogP contribution is 2.37. The van der Waals surface area contributed by atoms with Gasteiger partial charge in [0.25, 0.3) is 0 Å². The van der Waals surface area contributed by atoms with Crippen LogP contribution in [0.4, 0.5) is 0 Å². The third kappa shape index (κ3) is 3.01. The van der Waals surface area contributed by atoms with Crippen molar-refractivity contribution in [3.63, 3.8) is 0 Å². The zero-order valence-electron chi connectivity index (χ0n) is 14.9. The lowest BCUT2D eigenvalue weighted by molar-refractivity contribution is 0.182. The van der Waals surface area contributed by atoms with Crippen LogP contribution >= 0.6 is 0 Å². The van der Waals surface area contributed by atoms with E-state index >= 15 is 0 Å². The molecule has 1 N–H and O–H groups in total. The maximum atomic E-state index is 12.8. The van der Waals surface area contributed by atoms with Crippen LogP contribution in [0.3, 0.4) is 0 Å². The SMILES string of the molecule is Cc1ccc(C(c2c(O)c3ccccc3oc2=O)N2CCCCC2)cc1. The predicted molar refractivity (Wildman–Crippen MR) is 103 cm³/mol. The Bertz CT molecular complexity index is 969. The Morgan fingerprint density at radius 1 is 1.00 bits per heavy atom. The Morgan fingerprint density at radius 2 is 1.69 bits per heavy atom. The van der Waals surface area contributed by atoms with Crippen LogP contribution in [0.15, 0.2) is 57.7 Å². The molecule has 1 aliphatic rings. The number of para-hydroxylation sites is 1. The monoisotopic (exact) mass is 349 g/mol. The predicted octanol–water partition coefficient (Wildman–Crippen LogP) is 4.38. The molecule has 1 aromatic heterocycles. The molecule has 0 spiro atoms. The number of hydrogen-bond acceptors (Lipinski definition) is 4. The van der Waals surface area contributed by atoms with Crippen molar-refractivity contribution in [2.24, 2.45) is 0 Å². The molecular formula is C22H23NO3. The number of likely N-dealkylation sites (tertiary alicyclic amines) is 1. The molecular weight excluding hydrogens is 326 g/mol. The fourth-order valence-electron chi connectivity index (χ4n) is 3.87. The second-order valence-electron chi connectivity index (χ2n) is 7.06. The second-order valence-corrected chi connectivity index (χ2v) is 7.06. The Morgan fingerprint density at radius 3 is 2.42 bits per heavy atom. The summed E-state index contributed by atoms with van der Waals surface area (Å²) in [5.41, 5.74) is 2.48. The highest BCUT2D eigenvalue weighted by molar-refractivity contribution is 5.84. The summed E-state index contributed by atoms with van der Waals surface area (Å²) in [6.07, 6.45) is 3.40. The fourth-order valence-corrected chi connectivity index (χ4v) is 3.87. The average molecular weight is 349 g/mol. The van der Waals surface area contributed by atoms with Crippen molar-refractivity contribution in [3.8, 4) is 5.75 Å². The molecule has 3 aromatic rings. The summed E-state index contributed by atoms with van der Waals surface area (Å²) < 4.78 is 5.55. The molecule has 26 heavy (non-hydrogen) atoms. The molecule has 4 heteroatoms. The first-order chi connectivity index (χ1) is 12.6. The maximum absolute atomic E-state index is 12.8. The van der Waals surface area contributed by atoms with Gasteiger partial charge in [-0.15, -0.1) is 0 Å². The first kappa shape index (κ1) is 16.9. The number of fused-ring (bicyclic) bond motifs is 1. The van der Waals surface area contributed by atoms with E-state index in [1.165, 1.54) is 12.0 Å². The molecule has 1 saturated heterocycles. The van der Waals surface area contributed by atoms with Crippen LogP contribution in [-0.2, 0) is 0 Å². The highest BCUT2D eigenvalue weighted by atomic mass is 16.4. The van der Waals surface area contributed by atoms with E-state index in [1.807, 2.05) is 37.3 Å². The van der Waals surface area contributed by atoms with E-state index in [0.29, 0.717) is 16.5 Å². The van der Waals surface area contributed by atoms with Crippen molar-refractivity contribution in [1.82, 2.24) is 4.90 Å². The van der Waals surface area contributed by atoms with Crippen molar-refractivity contribution < 1.29 is 9.52 Å². The lowest BCUT2D eigenvalue weighted by Gasteiger charge is -2.34. The van der Waals surface area contributed by atoms with E-state index < -0.39 is 5.63 Å². The summed E-state index contributed by atoms with van der Waals surface area (Å²) in [5, 5.41) is 11.5. The first-order valence-electron chi connectivity index (χ1n) is 9.20. The maximum Gasteiger partial charge on any atom is 0.345 e. The van der Waals surface area contributed by atoms with E-state index in [-0.39, 0.29) is 11.8 Å². The molecule has 1 atom stereocenters. The number of hydrogen-bond donors (Lipinski definition) is 1. The third-order valence-corrected chi connectivity index (χ3v) is 5.24. The van der Waals surface area contributed by atoms with Gasteiger partial charge >= 0.3 is 5.63 Å². The Hall–Kier alpha value is -2.59. The van der Waals surface area contributed by atoms with Crippen LogP contribution in [-0.4, -0.2) is 23.1 Å². The molecule has 0 amide bonds. The Kier molecular flexibility index (Phi) is 4.51. The summed E-state index contributed by atoms with van der Waals surface area (Å²) in [6, 6.07) is 15.0. The van der Waals surface area contributed by atoms with E-state index in [0.717, 1.165) is 31.5 Å². The van der Waals surface area contributed by atoms with Crippen molar-refractivity contribution in [1.29, 1.82) is 0 Å². The summed E-state index contributed by atoms with van der Waals surface area (Å²) in [4.78, 5) is 15.1. The number of aromatic hydroxyl groups is 1. The number of nitrogens with zero attached hydrogens (tertiary/aromatic N) is 1. The minimum Gasteiger partial charge on any atom is -0.507 e. The van der Waals surface area contributed by atoms with Crippen molar-refractivity contribution in [2.75, 3.05) is 13.1 Å². The van der Waals surface area contributed by atoms with Gasteiger partial charge in [-0.25, -0.2) is 4.79 Å². The van der Waals surface area contributed by atoms with Crippen molar-refractivity contribution >= 4 is 11.0 Å². The van der Waals surface area contributed by atoms with Crippen LogP contribution in [0.1, 0.15) is 42.0 Å². The highest BCUT2D eigenvalue weighted by Gasteiger charge is 2.30. The van der Waals surface area contributed by atoms with Gasteiger partial charge < -0.3 is 9.52 Å². The molecule has 4 rings (SSSR count). The van der Waals surface area contributed by atoms with Crippen LogP contribution in [0.5, 0.6) is 5.75 Å². The quantitative estimate of drug-likeness (QED) is 0.713. The van der Waals surface area contributed by atoms with E-state index in [2.05, 4.69) is 4.90 Å². The van der Waals surface area contributed by atoms with Crippen LogP contribution in [0, 0.1) is 6.92 Å². The molecule has 1 fully saturated rings. The van der Waals surface area contributed by atoms with Gasteiger partial charge in [0.15, 0.2) is 0 Å². The number of piperidine rings is 1. The van der Waals surface area contributed by atoms with Crippen LogP contribution < -0.4 is 5.63 Å². The summed E-state index contributed by atoms with van der Waals surface area (Å²) in [5.74, 6) is 0.0352. The zero-order chi connectivity index (χ0) is 18.1. The summed E-state index contributed by atoms with van der Waals surface area (Å²) in [6.45, 7) is 3.86. The fraction of sp³-hybridized carbons (Fsp3) is 0.318.